The standard InChI is InChI=1S/C14H22BrNOS/c1-3-10-4-5-14(7-10,8-16)13(17)12-6-11(15)9(2)18-12/h6,10,13,17H,3-5,7-8,16H2,1-2H3. The predicted molar refractivity (Wildman–Crippen MR) is 80.8 cm³/mol. The van der Waals surface area contributed by atoms with Gasteiger partial charge < -0.3 is 10.8 Å². The molecule has 0 bridgehead atoms. The molecule has 1 saturated carbocycles. The Balaban J connectivity index is 2.22. The van der Waals surface area contributed by atoms with Gasteiger partial charge in [0.1, 0.15) is 0 Å². The first kappa shape index (κ1) is 14.5. The van der Waals surface area contributed by atoms with Crippen LogP contribution in [0.1, 0.15) is 48.5 Å². The topological polar surface area (TPSA) is 46.2 Å². The largest absolute Gasteiger partial charge is 0.387 e. The van der Waals surface area contributed by atoms with Gasteiger partial charge in [0, 0.05) is 26.2 Å². The van der Waals surface area contributed by atoms with Gasteiger partial charge in [0.25, 0.3) is 0 Å². The van der Waals surface area contributed by atoms with Crippen LogP contribution in [0.15, 0.2) is 10.5 Å². The number of aliphatic hydroxyl groups is 1. The molecule has 1 aromatic heterocycles. The minimum atomic E-state index is -0.408. The Morgan fingerprint density at radius 1 is 1.67 bits per heavy atom. The normalized spacial score (nSPS) is 29.7. The zero-order valence-electron chi connectivity index (χ0n) is 11.1. The van der Waals surface area contributed by atoms with Crippen molar-refractivity contribution < 1.29 is 5.11 Å². The number of hydrogen-bond acceptors (Lipinski definition) is 3. The maximum absolute atomic E-state index is 10.7. The molecule has 1 fully saturated rings. The van der Waals surface area contributed by atoms with Crippen LogP contribution in [-0.4, -0.2) is 11.7 Å². The van der Waals surface area contributed by atoms with E-state index >= 15 is 0 Å². The molecule has 0 aromatic carbocycles. The molecule has 0 saturated heterocycles. The van der Waals surface area contributed by atoms with Gasteiger partial charge in [-0.3, -0.25) is 0 Å². The molecule has 3 unspecified atom stereocenters. The molecule has 4 heteroatoms. The van der Waals surface area contributed by atoms with Crippen molar-refractivity contribution in [1.29, 1.82) is 0 Å². The SMILES string of the molecule is CCC1CCC(CN)(C(O)c2cc(Br)c(C)s2)C1. The van der Waals surface area contributed by atoms with Gasteiger partial charge in [-0.15, -0.1) is 11.3 Å². The number of hydrogen-bond donors (Lipinski definition) is 2. The summed E-state index contributed by atoms with van der Waals surface area (Å²) >= 11 is 5.21. The smallest absolute Gasteiger partial charge is 0.0950 e. The Morgan fingerprint density at radius 3 is 2.83 bits per heavy atom. The van der Waals surface area contributed by atoms with E-state index in [9.17, 15) is 5.11 Å². The van der Waals surface area contributed by atoms with Crippen LogP contribution >= 0.6 is 27.3 Å². The Hall–Kier alpha value is 0.1000. The second-order valence-electron chi connectivity index (χ2n) is 5.54. The van der Waals surface area contributed by atoms with Crippen LogP contribution in [0.2, 0.25) is 0 Å². The van der Waals surface area contributed by atoms with Gasteiger partial charge in [0.15, 0.2) is 0 Å². The minimum absolute atomic E-state index is 0.0998. The number of rotatable bonds is 4. The first-order valence-corrected chi connectivity index (χ1v) is 8.27. The summed E-state index contributed by atoms with van der Waals surface area (Å²) in [5, 5.41) is 10.7. The van der Waals surface area contributed by atoms with Crippen molar-refractivity contribution in [3.05, 3.63) is 20.3 Å². The molecule has 0 amide bonds. The summed E-state index contributed by atoms with van der Waals surface area (Å²) in [5.74, 6) is 0.729. The van der Waals surface area contributed by atoms with E-state index in [1.807, 2.05) is 0 Å². The highest BCUT2D eigenvalue weighted by molar-refractivity contribution is 9.10. The number of aliphatic hydroxyl groups excluding tert-OH is 1. The number of aryl methyl sites for hydroxylation is 1. The lowest BCUT2D eigenvalue weighted by Crippen LogP contribution is -2.34. The van der Waals surface area contributed by atoms with E-state index in [0.717, 1.165) is 28.1 Å². The zero-order valence-corrected chi connectivity index (χ0v) is 13.5. The third kappa shape index (κ3) is 2.53. The summed E-state index contributed by atoms with van der Waals surface area (Å²) < 4.78 is 1.10. The molecule has 1 aliphatic carbocycles. The highest BCUT2D eigenvalue weighted by Gasteiger charge is 2.44. The van der Waals surface area contributed by atoms with Crippen molar-refractivity contribution >= 4 is 27.3 Å². The van der Waals surface area contributed by atoms with Gasteiger partial charge in [-0.1, -0.05) is 13.3 Å². The van der Waals surface area contributed by atoms with E-state index in [0.29, 0.717) is 6.54 Å². The summed E-state index contributed by atoms with van der Waals surface area (Å²) in [6.07, 6.45) is 4.11. The van der Waals surface area contributed by atoms with E-state index in [2.05, 4.69) is 35.8 Å². The molecular weight excluding hydrogens is 310 g/mol. The summed E-state index contributed by atoms with van der Waals surface area (Å²) in [4.78, 5) is 2.28. The highest BCUT2D eigenvalue weighted by Crippen LogP contribution is 2.51. The summed E-state index contributed by atoms with van der Waals surface area (Å²) in [6, 6.07) is 2.06. The molecule has 3 atom stereocenters. The lowest BCUT2D eigenvalue weighted by Gasteiger charge is -2.33. The maximum Gasteiger partial charge on any atom is 0.0950 e. The molecule has 3 N–H and O–H groups in total. The molecule has 1 aliphatic rings. The fourth-order valence-electron chi connectivity index (χ4n) is 3.08. The Labute approximate surface area is 122 Å². The van der Waals surface area contributed by atoms with Crippen LogP contribution in [0.5, 0.6) is 0 Å². The molecule has 2 rings (SSSR count). The van der Waals surface area contributed by atoms with Gasteiger partial charge in [-0.2, -0.15) is 0 Å². The van der Waals surface area contributed by atoms with Crippen molar-refractivity contribution in [2.75, 3.05) is 6.54 Å². The van der Waals surface area contributed by atoms with Gasteiger partial charge in [0.05, 0.1) is 6.10 Å². The average Bonchev–Trinajstić information content (AvgIpc) is 2.94. The van der Waals surface area contributed by atoms with Crippen LogP contribution in [0, 0.1) is 18.3 Å². The van der Waals surface area contributed by atoms with E-state index in [4.69, 9.17) is 5.73 Å². The highest BCUT2D eigenvalue weighted by atomic mass is 79.9. The monoisotopic (exact) mass is 331 g/mol. The van der Waals surface area contributed by atoms with Crippen molar-refractivity contribution in [2.45, 2.75) is 45.6 Å². The van der Waals surface area contributed by atoms with Crippen LogP contribution in [0.25, 0.3) is 0 Å². The molecule has 102 valence electrons. The first-order valence-electron chi connectivity index (χ1n) is 6.66. The minimum Gasteiger partial charge on any atom is -0.387 e. The molecule has 0 spiro atoms. The fourth-order valence-corrected chi connectivity index (χ4v) is 4.77. The quantitative estimate of drug-likeness (QED) is 0.875. The second kappa shape index (κ2) is 5.61. The summed E-state index contributed by atoms with van der Waals surface area (Å²) in [7, 11) is 0. The number of halogens is 1. The van der Waals surface area contributed by atoms with Crippen molar-refractivity contribution in [3.63, 3.8) is 0 Å². The summed E-state index contributed by atoms with van der Waals surface area (Å²) in [6.45, 7) is 4.89. The fraction of sp³-hybridized carbons (Fsp3) is 0.714. The van der Waals surface area contributed by atoms with Crippen LogP contribution in [0.4, 0.5) is 0 Å². The van der Waals surface area contributed by atoms with Gasteiger partial charge in [-0.05, 0) is 54.1 Å². The molecule has 2 nitrogen and oxygen atoms in total. The van der Waals surface area contributed by atoms with Crippen molar-refractivity contribution in [1.82, 2.24) is 0 Å². The second-order valence-corrected chi connectivity index (χ2v) is 7.68. The zero-order chi connectivity index (χ0) is 13.3. The van der Waals surface area contributed by atoms with Crippen LogP contribution in [-0.2, 0) is 0 Å². The lowest BCUT2D eigenvalue weighted by atomic mass is 9.78. The Bertz CT molecular complexity index is 400. The third-order valence-corrected chi connectivity index (χ3v) is 6.64. The van der Waals surface area contributed by atoms with E-state index in [1.54, 1.807) is 11.3 Å². The van der Waals surface area contributed by atoms with Crippen molar-refractivity contribution in [2.24, 2.45) is 17.1 Å². The van der Waals surface area contributed by atoms with E-state index in [1.165, 1.54) is 17.7 Å². The molecule has 18 heavy (non-hydrogen) atoms. The maximum atomic E-state index is 10.7. The van der Waals surface area contributed by atoms with Crippen molar-refractivity contribution in [3.8, 4) is 0 Å². The summed E-state index contributed by atoms with van der Waals surface area (Å²) in [5.41, 5.74) is 5.90. The Kier molecular flexibility index (Phi) is 4.52. The van der Waals surface area contributed by atoms with E-state index in [-0.39, 0.29) is 5.41 Å². The molecule has 1 heterocycles. The van der Waals surface area contributed by atoms with Gasteiger partial charge >= 0.3 is 0 Å². The molecule has 0 radical (unpaired) electrons. The van der Waals surface area contributed by atoms with Gasteiger partial charge in [0.2, 0.25) is 0 Å². The van der Waals surface area contributed by atoms with Crippen LogP contribution < -0.4 is 5.73 Å². The molecule has 0 aliphatic heterocycles. The van der Waals surface area contributed by atoms with Gasteiger partial charge in [-0.25, -0.2) is 0 Å². The van der Waals surface area contributed by atoms with Crippen LogP contribution in [0.3, 0.4) is 0 Å². The predicted octanol–water partition coefficient (Wildman–Crippen LogP) is 4.01. The molecule has 1 aromatic rings. The number of thiophene rings is 1. The molecular formula is C14H22BrNOS. The van der Waals surface area contributed by atoms with E-state index < -0.39 is 6.10 Å². The Morgan fingerprint density at radius 2 is 2.39 bits per heavy atom. The lowest BCUT2D eigenvalue weighted by molar-refractivity contribution is 0.0329. The average molecular weight is 332 g/mol. The number of nitrogens with two attached hydrogens (primary N) is 1. The third-order valence-electron chi connectivity index (χ3n) is 4.46. The first-order chi connectivity index (χ1) is 8.52.